The SMILES string of the molecule is CC(C)Sc1ncc(Cl)cc1F. The molecule has 0 aliphatic heterocycles. The van der Waals surface area contributed by atoms with Crippen LogP contribution in [0.3, 0.4) is 0 Å². The lowest BCUT2D eigenvalue weighted by atomic mass is 10.5. The van der Waals surface area contributed by atoms with Crippen LogP contribution in [0.25, 0.3) is 0 Å². The summed E-state index contributed by atoms with van der Waals surface area (Å²) in [5.74, 6) is -0.346. The third-order valence-corrected chi connectivity index (χ3v) is 2.32. The van der Waals surface area contributed by atoms with Crippen molar-refractivity contribution in [3.05, 3.63) is 23.1 Å². The van der Waals surface area contributed by atoms with Gasteiger partial charge in [-0.3, -0.25) is 0 Å². The van der Waals surface area contributed by atoms with Crippen LogP contribution in [0, 0.1) is 5.82 Å². The highest BCUT2D eigenvalue weighted by Gasteiger charge is 2.06. The lowest BCUT2D eigenvalue weighted by Gasteiger charge is -2.04. The maximum atomic E-state index is 13.0. The van der Waals surface area contributed by atoms with Gasteiger partial charge in [0, 0.05) is 11.4 Å². The fourth-order valence-electron chi connectivity index (χ4n) is 0.712. The lowest BCUT2D eigenvalue weighted by molar-refractivity contribution is 0.587. The third kappa shape index (κ3) is 2.64. The molecule has 66 valence electrons. The molecule has 0 saturated carbocycles. The number of hydrogen-bond donors (Lipinski definition) is 0. The summed E-state index contributed by atoms with van der Waals surface area (Å²) in [5, 5.41) is 1.07. The number of thioether (sulfide) groups is 1. The first-order chi connectivity index (χ1) is 5.59. The van der Waals surface area contributed by atoms with E-state index in [1.165, 1.54) is 24.0 Å². The molecule has 0 saturated heterocycles. The van der Waals surface area contributed by atoms with E-state index in [0.29, 0.717) is 15.3 Å². The topological polar surface area (TPSA) is 12.9 Å². The standard InChI is InChI=1S/C8H9ClFNS/c1-5(2)12-8-7(10)3-6(9)4-11-8/h3-5H,1-2H3. The summed E-state index contributed by atoms with van der Waals surface area (Å²) in [6.45, 7) is 3.97. The molecule has 0 unspecified atom stereocenters. The summed E-state index contributed by atoms with van der Waals surface area (Å²) in [6.07, 6.45) is 1.45. The first kappa shape index (κ1) is 9.81. The van der Waals surface area contributed by atoms with Gasteiger partial charge in [-0.1, -0.05) is 25.4 Å². The van der Waals surface area contributed by atoms with Crippen LogP contribution in [0.2, 0.25) is 5.02 Å². The molecule has 0 bridgehead atoms. The predicted octanol–water partition coefficient (Wildman–Crippen LogP) is 3.37. The first-order valence-corrected chi connectivity index (χ1v) is 4.83. The predicted molar refractivity (Wildman–Crippen MR) is 50.2 cm³/mol. The summed E-state index contributed by atoms with van der Waals surface area (Å²) in [7, 11) is 0. The van der Waals surface area contributed by atoms with Crippen molar-refractivity contribution >= 4 is 23.4 Å². The summed E-state index contributed by atoms with van der Waals surface area (Å²) >= 11 is 6.93. The van der Waals surface area contributed by atoms with Gasteiger partial charge in [-0.05, 0) is 6.07 Å². The van der Waals surface area contributed by atoms with Crippen molar-refractivity contribution in [1.29, 1.82) is 0 Å². The zero-order chi connectivity index (χ0) is 9.14. The first-order valence-electron chi connectivity index (χ1n) is 3.57. The van der Waals surface area contributed by atoms with Gasteiger partial charge in [0.1, 0.15) is 5.03 Å². The van der Waals surface area contributed by atoms with Crippen LogP contribution in [0.15, 0.2) is 17.3 Å². The van der Waals surface area contributed by atoms with Crippen molar-refractivity contribution in [1.82, 2.24) is 4.98 Å². The number of hydrogen-bond acceptors (Lipinski definition) is 2. The Morgan fingerprint density at radius 1 is 1.58 bits per heavy atom. The smallest absolute Gasteiger partial charge is 0.156 e. The van der Waals surface area contributed by atoms with Crippen molar-refractivity contribution < 1.29 is 4.39 Å². The van der Waals surface area contributed by atoms with Gasteiger partial charge < -0.3 is 0 Å². The molecule has 0 N–H and O–H groups in total. The second-order valence-corrected chi connectivity index (χ2v) is 4.61. The van der Waals surface area contributed by atoms with E-state index in [2.05, 4.69) is 4.98 Å². The average molecular weight is 206 g/mol. The van der Waals surface area contributed by atoms with Crippen LogP contribution in [0.4, 0.5) is 4.39 Å². The fourth-order valence-corrected chi connectivity index (χ4v) is 1.59. The van der Waals surface area contributed by atoms with E-state index in [4.69, 9.17) is 11.6 Å². The van der Waals surface area contributed by atoms with Crippen molar-refractivity contribution in [2.24, 2.45) is 0 Å². The summed E-state index contributed by atoms with van der Waals surface area (Å²) in [4.78, 5) is 3.87. The molecule has 1 heterocycles. The Morgan fingerprint density at radius 2 is 2.25 bits per heavy atom. The van der Waals surface area contributed by atoms with Gasteiger partial charge in [0.15, 0.2) is 5.82 Å². The average Bonchev–Trinajstić information content (AvgIpc) is 1.94. The number of pyridine rings is 1. The van der Waals surface area contributed by atoms with Crippen LogP contribution in [0.1, 0.15) is 13.8 Å². The maximum Gasteiger partial charge on any atom is 0.156 e. The molecular weight excluding hydrogens is 197 g/mol. The van der Waals surface area contributed by atoms with Gasteiger partial charge in [0.2, 0.25) is 0 Å². The Hall–Kier alpha value is -0.280. The zero-order valence-electron chi connectivity index (χ0n) is 6.84. The Labute approximate surface area is 80.3 Å². The van der Waals surface area contributed by atoms with Crippen molar-refractivity contribution in [2.45, 2.75) is 24.1 Å². The van der Waals surface area contributed by atoms with Crippen LogP contribution in [-0.2, 0) is 0 Å². The second kappa shape index (κ2) is 4.10. The van der Waals surface area contributed by atoms with Crippen LogP contribution in [0.5, 0.6) is 0 Å². The van der Waals surface area contributed by atoms with Crippen molar-refractivity contribution in [3.8, 4) is 0 Å². The van der Waals surface area contributed by atoms with E-state index in [1.807, 2.05) is 13.8 Å². The largest absolute Gasteiger partial charge is 0.245 e. The highest BCUT2D eigenvalue weighted by atomic mass is 35.5. The molecule has 0 fully saturated rings. The summed E-state index contributed by atoms with van der Waals surface area (Å²) in [6, 6.07) is 1.28. The van der Waals surface area contributed by atoms with Gasteiger partial charge in [0.05, 0.1) is 5.02 Å². The summed E-state index contributed by atoms with van der Waals surface area (Å²) in [5.41, 5.74) is 0. The highest BCUT2D eigenvalue weighted by Crippen LogP contribution is 2.24. The minimum atomic E-state index is -0.346. The van der Waals surface area contributed by atoms with Gasteiger partial charge in [0.25, 0.3) is 0 Å². The highest BCUT2D eigenvalue weighted by molar-refractivity contribution is 7.99. The van der Waals surface area contributed by atoms with Gasteiger partial charge in [-0.15, -0.1) is 11.8 Å². The number of aromatic nitrogens is 1. The molecule has 0 aliphatic carbocycles. The maximum absolute atomic E-state index is 13.0. The number of halogens is 2. The lowest BCUT2D eigenvalue weighted by Crippen LogP contribution is -1.92. The second-order valence-electron chi connectivity index (χ2n) is 2.61. The molecule has 1 nitrogen and oxygen atoms in total. The third-order valence-electron chi connectivity index (χ3n) is 1.12. The Morgan fingerprint density at radius 3 is 2.75 bits per heavy atom. The molecule has 1 rings (SSSR count). The molecular formula is C8H9ClFNS. The van der Waals surface area contributed by atoms with Gasteiger partial charge >= 0.3 is 0 Å². The van der Waals surface area contributed by atoms with E-state index in [-0.39, 0.29) is 5.82 Å². The molecule has 1 aromatic rings. The Kier molecular flexibility index (Phi) is 3.35. The van der Waals surface area contributed by atoms with Crippen LogP contribution in [-0.4, -0.2) is 10.2 Å². The molecule has 0 aromatic carbocycles. The van der Waals surface area contributed by atoms with E-state index in [9.17, 15) is 4.39 Å². The van der Waals surface area contributed by atoms with Gasteiger partial charge in [-0.2, -0.15) is 0 Å². The van der Waals surface area contributed by atoms with Crippen LogP contribution < -0.4 is 0 Å². The molecule has 4 heteroatoms. The van der Waals surface area contributed by atoms with E-state index >= 15 is 0 Å². The molecule has 0 radical (unpaired) electrons. The number of rotatable bonds is 2. The molecule has 0 aliphatic rings. The zero-order valence-corrected chi connectivity index (χ0v) is 8.42. The summed E-state index contributed by atoms with van der Waals surface area (Å²) < 4.78 is 13.0. The minimum Gasteiger partial charge on any atom is -0.245 e. The Bertz CT molecular complexity index is 278. The normalized spacial score (nSPS) is 10.8. The van der Waals surface area contributed by atoms with Crippen LogP contribution >= 0.6 is 23.4 Å². The van der Waals surface area contributed by atoms with Crippen molar-refractivity contribution in [3.63, 3.8) is 0 Å². The molecule has 0 amide bonds. The minimum absolute atomic E-state index is 0.327. The van der Waals surface area contributed by atoms with Gasteiger partial charge in [-0.25, -0.2) is 9.37 Å². The quantitative estimate of drug-likeness (QED) is 0.687. The number of nitrogens with zero attached hydrogens (tertiary/aromatic N) is 1. The molecule has 0 atom stereocenters. The van der Waals surface area contributed by atoms with E-state index in [1.54, 1.807) is 0 Å². The Balaban J connectivity index is 2.86. The molecule has 12 heavy (non-hydrogen) atoms. The van der Waals surface area contributed by atoms with E-state index in [0.717, 1.165) is 0 Å². The monoisotopic (exact) mass is 205 g/mol. The fraction of sp³-hybridized carbons (Fsp3) is 0.375. The van der Waals surface area contributed by atoms with E-state index < -0.39 is 0 Å². The molecule has 0 spiro atoms. The van der Waals surface area contributed by atoms with Crippen molar-refractivity contribution in [2.75, 3.05) is 0 Å². The molecule has 1 aromatic heterocycles.